The lowest BCUT2D eigenvalue weighted by Gasteiger charge is -2.29. The summed E-state index contributed by atoms with van der Waals surface area (Å²) in [5, 5.41) is 0. The van der Waals surface area contributed by atoms with Crippen molar-refractivity contribution in [2.24, 2.45) is 5.92 Å². The van der Waals surface area contributed by atoms with Crippen molar-refractivity contribution in [1.82, 2.24) is 0 Å². The van der Waals surface area contributed by atoms with Crippen LogP contribution >= 0.6 is 0 Å². The summed E-state index contributed by atoms with van der Waals surface area (Å²) in [6, 6.07) is 10.4. The molecule has 194 valence electrons. The molecule has 1 heterocycles. The van der Waals surface area contributed by atoms with Gasteiger partial charge in [0, 0.05) is 17.0 Å². The standard InChI is InChI=1S/C30H42F2O3/c1-3-5-7-8-9-10-11-13-23-21-34-30(35-22-23)25-16-14-24(15-17-25)26-18-19-27(29(32)28(26)31)33-20-12-6-4-2/h14-19,23,30H,3-13,20-22H2,1-2H3. The molecule has 0 atom stereocenters. The zero-order chi connectivity index (χ0) is 24.9. The molecule has 35 heavy (non-hydrogen) atoms. The minimum atomic E-state index is -0.936. The third kappa shape index (κ3) is 8.57. The fraction of sp³-hybridized carbons (Fsp3) is 0.600. The molecule has 0 aliphatic carbocycles. The Morgan fingerprint density at radius 2 is 1.37 bits per heavy atom. The molecular formula is C30H42F2O3. The molecule has 5 heteroatoms. The molecule has 0 amide bonds. The van der Waals surface area contributed by atoms with Gasteiger partial charge in [0.25, 0.3) is 0 Å². The van der Waals surface area contributed by atoms with Crippen LogP contribution in [0.1, 0.15) is 96.3 Å². The van der Waals surface area contributed by atoms with Gasteiger partial charge in [-0.25, -0.2) is 4.39 Å². The number of unbranched alkanes of at least 4 members (excludes halogenated alkanes) is 8. The molecule has 2 aromatic rings. The van der Waals surface area contributed by atoms with E-state index in [-0.39, 0.29) is 11.3 Å². The third-order valence-electron chi connectivity index (χ3n) is 6.73. The molecule has 0 spiro atoms. The summed E-state index contributed by atoms with van der Waals surface area (Å²) in [4.78, 5) is 0. The van der Waals surface area contributed by atoms with Gasteiger partial charge in [0.1, 0.15) is 0 Å². The summed E-state index contributed by atoms with van der Waals surface area (Å²) < 4.78 is 46.6. The molecule has 1 aliphatic rings. The van der Waals surface area contributed by atoms with Crippen molar-refractivity contribution in [2.45, 2.75) is 90.8 Å². The van der Waals surface area contributed by atoms with Crippen molar-refractivity contribution in [3.8, 4) is 16.9 Å². The number of rotatable bonds is 15. The second kappa shape index (κ2) is 15.2. The first-order chi connectivity index (χ1) is 17.1. The zero-order valence-electron chi connectivity index (χ0n) is 21.5. The van der Waals surface area contributed by atoms with Gasteiger partial charge >= 0.3 is 0 Å². The Hall–Kier alpha value is -1.98. The van der Waals surface area contributed by atoms with Gasteiger partial charge in [0.15, 0.2) is 17.9 Å². The van der Waals surface area contributed by atoms with Crippen molar-refractivity contribution >= 4 is 0 Å². The summed E-state index contributed by atoms with van der Waals surface area (Å²) in [5.74, 6) is -1.41. The van der Waals surface area contributed by atoms with Crippen LogP contribution in [0.2, 0.25) is 0 Å². The van der Waals surface area contributed by atoms with Gasteiger partial charge in [-0.2, -0.15) is 4.39 Å². The largest absolute Gasteiger partial charge is 0.490 e. The lowest BCUT2D eigenvalue weighted by molar-refractivity contribution is -0.206. The molecule has 2 aromatic carbocycles. The van der Waals surface area contributed by atoms with Crippen molar-refractivity contribution < 1.29 is 23.0 Å². The molecule has 1 fully saturated rings. The number of hydrogen-bond acceptors (Lipinski definition) is 3. The van der Waals surface area contributed by atoms with E-state index in [1.165, 1.54) is 51.0 Å². The molecule has 0 radical (unpaired) electrons. The first kappa shape index (κ1) is 27.6. The molecule has 0 bridgehead atoms. The van der Waals surface area contributed by atoms with Gasteiger partial charge in [-0.05, 0) is 30.5 Å². The second-order valence-electron chi connectivity index (χ2n) is 9.69. The first-order valence-corrected chi connectivity index (χ1v) is 13.6. The molecule has 3 rings (SSSR count). The fourth-order valence-electron chi connectivity index (χ4n) is 4.51. The van der Waals surface area contributed by atoms with E-state index in [9.17, 15) is 8.78 Å². The summed E-state index contributed by atoms with van der Waals surface area (Å²) in [6.07, 6.45) is 12.8. The van der Waals surface area contributed by atoms with Crippen molar-refractivity contribution in [3.05, 3.63) is 53.6 Å². The number of ether oxygens (including phenoxy) is 3. The highest BCUT2D eigenvalue weighted by molar-refractivity contribution is 5.65. The quantitative estimate of drug-likeness (QED) is 0.234. The van der Waals surface area contributed by atoms with Crippen molar-refractivity contribution in [3.63, 3.8) is 0 Å². The van der Waals surface area contributed by atoms with E-state index in [0.717, 1.165) is 31.2 Å². The van der Waals surface area contributed by atoms with E-state index < -0.39 is 17.9 Å². The molecular weight excluding hydrogens is 446 g/mol. The average molecular weight is 489 g/mol. The van der Waals surface area contributed by atoms with Gasteiger partial charge in [-0.1, -0.05) is 95.9 Å². The van der Waals surface area contributed by atoms with E-state index >= 15 is 0 Å². The van der Waals surface area contributed by atoms with Gasteiger partial charge in [-0.15, -0.1) is 0 Å². The van der Waals surface area contributed by atoms with Crippen LogP contribution in [0.3, 0.4) is 0 Å². The minimum Gasteiger partial charge on any atom is -0.490 e. The highest BCUT2D eigenvalue weighted by Gasteiger charge is 2.23. The summed E-state index contributed by atoms with van der Waals surface area (Å²) >= 11 is 0. The number of benzene rings is 2. The molecule has 1 aliphatic heterocycles. The van der Waals surface area contributed by atoms with Gasteiger partial charge in [0.2, 0.25) is 5.82 Å². The van der Waals surface area contributed by atoms with E-state index in [1.54, 1.807) is 18.2 Å². The van der Waals surface area contributed by atoms with Gasteiger partial charge in [-0.3, -0.25) is 0 Å². The third-order valence-corrected chi connectivity index (χ3v) is 6.73. The van der Waals surface area contributed by atoms with E-state index in [1.807, 2.05) is 12.1 Å². The highest BCUT2D eigenvalue weighted by atomic mass is 19.2. The molecule has 0 unspecified atom stereocenters. The molecule has 0 N–H and O–H groups in total. The van der Waals surface area contributed by atoms with Crippen LogP contribution in [0.4, 0.5) is 8.78 Å². The maximum Gasteiger partial charge on any atom is 0.201 e. The normalized spacial score (nSPS) is 18.1. The maximum atomic E-state index is 14.7. The molecule has 0 saturated carbocycles. The van der Waals surface area contributed by atoms with Crippen LogP contribution in [0, 0.1) is 17.6 Å². The SMILES string of the molecule is CCCCCCCCCC1COC(c2ccc(-c3ccc(OCCCCC)c(F)c3F)cc2)OC1. The Morgan fingerprint density at radius 3 is 2.06 bits per heavy atom. The predicted octanol–water partition coefficient (Wildman–Crippen LogP) is 9.00. The maximum absolute atomic E-state index is 14.7. The Labute approximate surface area is 210 Å². The van der Waals surface area contributed by atoms with E-state index in [2.05, 4.69) is 13.8 Å². The fourth-order valence-corrected chi connectivity index (χ4v) is 4.51. The highest BCUT2D eigenvalue weighted by Crippen LogP contribution is 2.32. The Kier molecular flexibility index (Phi) is 12.0. The first-order valence-electron chi connectivity index (χ1n) is 13.6. The van der Waals surface area contributed by atoms with Crippen LogP contribution in [0.5, 0.6) is 5.75 Å². The van der Waals surface area contributed by atoms with Crippen LogP contribution in [0.15, 0.2) is 36.4 Å². The van der Waals surface area contributed by atoms with Gasteiger partial charge < -0.3 is 14.2 Å². The Morgan fingerprint density at radius 1 is 0.743 bits per heavy atom. The zero-order valence-corrected chi connectivity index (χ0v) is 21.5. The van der Waals surface area contributed by atoms with Gasteiger partial charge in [0.05, 0.1) is 19.8 Å². The lowest BCUT2D eigenvalue weighted by Crippen LogP contribution is -2.27. The molecule has 1 saturated heterocycles. The van der Waals surface area contributed by atoms with Crippen molar-refractivity contribution in [2.75, 3.05) is 19.8 Å². The Balaban J connectivity index is 1.46. The van der Waals surface area contributed by atoms with Crippen LogP contribution in [-0.4, -0.2) is 19.8 Å². The van der Waals surface area contributed by atoms with Crippen LogP contribution in [0.25, 0.3) is 11.1 Å². The number of halogens is 2. The van der Waals surface area contributed by atoms with E-state index in [4.69, 9.17) is 14.2 Å². The summed E-state index contributed by atoms with van der Waals surface area (Å²) in [5.41, 5.74) is 1.71. The smallest absolute Gasteiger partial charge is 0.201 e. The summed E-state index contributed by atoms with van der Waals surface area (Å²) in [7, 11) is 0. The Bertz CT molecular complexity index is 861. The summed E-state index contributed by atoms with van der Waals surface area (Å²) in [6.45, 7) is 6.11. The number of hydrogen-bond donors (Lipinski definition) is 0. The lowest BCUT2D eigenvalue weighted by atomic mass is 10.00. The van der Waals surface area contributed by atoms with Crippen LogP contribution in [-0.2, 0) is 9.47 Å². The van der Waals surface area contributed by atoms with Crippen molar-refractivity contribution in [1.29, 1.82) is 0 Å². The topological polar surface area (TPSA) is 27.7 Å². The second-order valence-corrected chi connectivity index (χ2v) is 9.69. The van der Waals surface area contributed by atoms with Crippen LogP contribution < -0.4 is 4.74 Å². The minimum absolute atomic E-state index is 0.0333. The molecule has 3 nitrogen and oxygen atoms in total. The average Bonchev–Trinajstić information content (AvgIpc) is 2.89. The molecule has 0 aromatic heterocycles. The monoisotopic (exact) mass is 488 g/mol. The predicted molar refractivity (Wildman–Crippen MR) is 138 cm³/mol. The van der Waals surface area contributed by atoms with E-state index in [0.29, 0.717) is 31.3 Å².